The summed E-state index contributed by atoms with van der Waals surface area (Å²) in [6.45, 7) is 16.4. The smallest absolute Gasteiger partial charge is 0.0349 e. The highest BCUT2D eigenvalue weighted by Crippen LogP contribution is 2.37. The van der Waals surface area contributed by atoms with E-state index in [0.29, 0.717) is 10.8 Å². The molecule has 0 aliphatic rings. The van der Waals surface area contributed by atoms with Crippen molar-refractivity contribution in [1.82, 2.24) is 0 Å². The predicted molar refractivity (Wildman–Crippen MR) is 61.9 cm³/mol. The molecule has 0 N–H and O–H groups in total. The molecule has 0 unspecified atom stereocenters. The molecule has 0 aromatic carbocycles. The van der Waals surface area contributed by atoms with E-state index in [1.807, 2.05) is 0 Å². The first-order valence-corrected chi connectivity index (χ1v) is 5.62. The lowest BCUT2D eigenvalue weighted by atomic mass is 9.73. The maximum Gasteiger partial charge on any atom is -0.0349 e. The molecule has 0 aromatic rings. The average Bonchev–Trinajstić information content (AvgIpc) is 1.78. The van der Waals surface area contributed by atoms with Crippen molar-refractivity contribution < 1.29 is 0 Å². The second kappa shape index (κ2) is 4.48. The van der Waals surface area contributed by atoms with E-state index in [-0.39, 0.29) is 0 Å². The van der Waals surface area contributed by atoms with Crippen molar-refractivity contribution in [2.24, 2.45) is 16.7 Å². The zero-order valence-corrected chi connectivity index (χ0v) is 10.7. The first-order valence-electron chi connectivity index (χ1n) is 5.62. The van der Waals surface area contributed by atoms with Gasteiger partial charge >= 0.3 is 0 Å². The fraction of sp³-hybridized carbons (Fsp3) is 1.00. The van der Waals surface area contributed by atoms with Gasteiger partial charge in [0.2, 0.25) is 0 Å². The molecule has 0 bridgehead atoms. The molecule has 0 nitrogen and oxygen atoms in total. The molecule has 0 rings (SSSR count). The van der Waals surface area contributed by atoms with Crippen LogP contribution in [0, 0.1) is 16.7 Å². The van der Waals surface area contributed by atoms with Crippen molar-refractivity contribution in [3.05, 3.63) is 0 Å². The largest absolute Gasteiger partial charge is 0.0628 e. The quantitative estimate of drug-likeness (QED) is 0.584. The van der Waals surface area contributed by atoms with Crippen molar-refractivity contribution in [2.75, 3.05) is 0 Å². The van der Waals surface area contributed by atoms with Gasteiger partial charge in [0.05, 0.1) is 0 Å². The fourth-order valence-electron chi connectivity index (χ4n) is 2.20. The van der Waals surface area contributed by atoms with Gasteiger partial charge in [0.25, 0.3) is 0 Å². The minimum atomic E-state index is 0.473. The van der Waals surface area contributed by atoms with Crippen LogP contribution in [0.15, 0.2) is 0 Å². The molecule has 0 aliphatic carbocycles. The summed E-state index contributed by atoms with van der Waals surface area (Å²) in [5.74, 6) is 0.847. The Hall–Kier alpha value is 0. The van der Waals surface area contributed by atoms with Crippen LogP contribution in [0.5, 0.6) is 0 Å². The summed E-state index contributed by atoms with van der Waals surface area (Å²) in [4.78, 5) is 0. The van der Waals surface area contributed by atoms with Crippen molar-refractivity contribution in [3.63, 3.8) is 0 Å². The van der Waals surface area contributed by atoms with Gasteiger partial charge in [-0.25, -0.2) is 0 Å². The average molecular weight is 184 g/mol. The minimum Gasteiger partial charge on any atom is -0.0628 e. The van der Waals surface area contributed by atoms with Crippen molar-refractivity contribution in [3.8, 4) is 0 Å². The van der Waals surface area contributed by atoms with Gasteiger partial charge in [0, 0.05) is 0 Å². The van der Waals surface area contributed by atoms with Crippen LogP contribution in [0.25, 0.3) is 0 Å². The Bertz CT molecular complexity index is 135. The van der Waals surface area contributed by atoms with Gasteiger partial charge in [-0.15, -0.1) is 0 Å². The van der Waals surface area contributed by atoms with E-state index in [4.69, 9.17) is 0 Å². The summed E-state index contributed by atoms with van der Waals surface area (Å²) in [5, 5.41) is 0. The first kappa shape index (κ1) is 13.0. The fourth-order valence-corrected chi connectivity index (χ4v) is 2.20. The molecule has 80 valence electrons. The first-order chi connectivity index (χ1) is 5.62. The van der Waals surface area contributed by atoms with E-state index in [1.54, 1.807) is 0 Å². The van der Waals surface area contributed by atoms with Gasteiger partial charge in [-0.2, -0.15) is 0 Å². The molecule has 0 atom stereocenters. The highest BCUT2D eigenvalue weighted by atomic mass is 14.3. The predicted octanol–water partition coefficient (Wildman–Crippen LogP) is 4.89. The van der Waals surface area contributed by atoms with Crippen LogP contribution in [0.2, 0.25) is 0 Å². The Balaban J connectivity index is 3.94. The number of hydrogen-bond donors (Lipinski definition) is 0. The topological polar surface area (TPSA) is 0 Å². The molecule has 0 radical (unpaired) electrons. The molecule has 13 heavy (non-hydrogen) atoms. The third-order valence-corrected chi connectivity index (χ3v) is 2.41. The molecule has 0 saturated carbocycles. The van der Waals surface area contributed by atoms with Crippen LogP contribution in [0.4, 0.5) is 0 Å². The van der Waals surface area contributed by atoms with Gasteiger partial charge in [-0.3, -0.25) is 0 Å². The van der Waals surface area contributed by atoms with Crippen LogP contribution >= 0.6 is 0 Å². The Morgan fingerprint density at radius 3 is 1.69 bits per heavy atom. The van der Waals surface area contributed by atoms with Gasteiger partial charge in [0.15, 0.2) is 0 Å². The lowest BCUT2D eigenvalue weighted by molar-refractivity contribution is 0.188. The molecule has 0 aliphatic heterocycles. The third kappa shape index (κ3) is 8.33. The molecule has 0 amide bonds. The third-order valence-electron chi connectivity index (χ3n) is 2.41. The van der Waals surface area contributed by atoms with E-state index in [0.717, 1.165) is 5.92 Å². The zero-order valence-electron chi connectivity index (χ0n) is 10.7. The Morgan fingerprint density at radius 2 is 1.38 bits per heavy atom. The lowest BCUT2D eigenvalue weighted by Crippen LogP contribution is -2.21. The molecule has 0 heteroatoms. The highest BCUT2D eigenvalue weighted by Gasteiger charge is 2.25. The Morgan fingerprint density at radius 1 is 0.923 bits per heavy atom. The Kier molecular flexibility index (Phi) is 4.48. The maximum absolute atomic E-state index is 2.40. The standard InChI is InChI=1S/C13H28/c1-11(2)8-9-13(6,7)10-12(3,4)5/h11H,8-10H2,1-7H3. The summed E-state index contributed by atoms with van der Waals surface area (Å²) in [6, 6.07) is 0. The van der Waals surface area contributed by atoms with Crippen LogP contribution < -0.4 is 0 Å². The maximum atomic E-state index is 2.40. The lowest BCUT2D eigenvalue weighted by Gasteiger charge is -2.33. The van der Waals surface area contributed by atoms with Gasteiger partial charge in [0.1, 0.15) is 0 Å². The van der Waals surface area contributed by atoms with E-state index < -0.39 is 0 Å². The summed E-state index contributed by atoms with van der Waals surface area (Å²) >= 11 is 0. The summed E-state index contributed by atoms with van der Waals surface area (Å²) in [7, 11) is 0. The van der Waals surface area contributed by atoms with Crippen LogP contribution in [-0.2, 0) is 0 Å². The van der Waals surface area contributed by atoms with Crippen LogP contribution in [0.3, 0.4) is 0 Å². The molecule has 0 heterocycles. The molecule has 0 spiro atoms. The normalized spacial score (nSPS) is 13.8. The number of hydrogen-bond acceptors (Lipinski definition) is 0. The highest BCUT2D eigenvalue weighted by molar-refractivity contribution is 4.76. The molecular formula is C13H28. The van der Waals surface area contributed by atoms with E-state index >= 15 is 0 Å². The van der Waals surface area contributed by atoms with Crippen LogP contribution in [0.1, 0.15) is 67.7 Å². The molecule has 0 aromatic heterocycles. The van der Waals surface area contributed by atoms with Crippen molar-refractivity contribution in [2.45, 2.75) is 67.7 Å². The van der Waals surface area contributed by atoms with E-state index in [1.165, 1.54) is 19.3 Å². The second-order valence-electron chi connectivity index (χ2n) is 6.83. The minimum absolute atomic E-state index is 0.473. The summed E-state index contributed by atoms with van der Waals surface area (Å²) in [5.41, 5.74) is 0.989. The van der Waals surface area contributed by atoms with E-state index in [9.17, 15) is 0 Å². The summed E-state index contributed by atoms with van der Waals surface area (Å²) in [6.07, 6.45) is 4.05. The van der Waals surface area contributed by atoms with Crippen molar-refractivity contribution >= 4 is 0 Å². The SMILES string of the molecule is CC(C)CCC(C)(C)CC(C)(C)C. The summed E-state index contributed by atoms with van der Waals surface area (Å²) < 4.78 is 0. The van der Waals surface area contributed by atoms with Crippen molar-refractivity contribution in [1.29, 1.82) is 0 Å². The second-order valence-corrected chi connectivity index (χ2v) is 6.83. The zero-order chi connectivity index (χ0) is 10.7. The molecule has 0 fully saturated rings. The monoisotopic (exact) mass is 184 g/mol. The van der Waals surface area contributed by atoms with Crippen LogP contribution in [-0.4, -0.2) is 0 Å². The number of rotatable bonds is 4. The van der Waals surface area contributed by atoms with Gasteiger partial charge in [-0.05, 0) is 29.6 Å². The van der Waals surface area contributed by atoms with E-state index in [2.05, 4.69) is 48.5 Å². The van der Waals surface area contributed by atoms with Gasteiger partial charge in [-0.1, -0.05) is 54.9 Å². The van der Waals surface area contributed by atoms with Gasteiger partial charge < -0.3 is 0 Å². The molecule has 0 saturated heterocycles. The Labute approximate surface area is 85.1 Å². The molecular weight excluding hydrogens is 156 g/mol.